The third-order valence-electron chi connectivity index (χ3n) is 3.01. The van der Waals surface area contributed by atoms with Gasteiger partial charge in [0.25, 0.3) is 0 Å². The van der Waals surface area contributed by atoms with Crippen molar-refractivity contribution in [2.75, 3.05) is 11.9 Å². The standard InChI is InChI=1S/C14H18Cl2N4/c1-4-9-7-10(5-2)20(19-9)14-12(16)8-11(15)13(18-14)17-6-3/h7-8H,4-6H2,1-3H3,(H,17,18). The molecule has 0 fully saturated rings. The predicted molar refractivity (Wildman–Crippen MR) is 84.3 cm³/mol. The molecule has 20 heavy (non-hydrogen) atoms. The quantitative estimate of drug-likeness (QED) is 0.902. The minimum absolute atomic E-state index is 0.497. The van der Waals surface area contributed by atoms with Gasteiger partial charge in [0.1, 0.15) is 5.82 Å². The van der Waals surface area contributed by atoms with Crippen molar-refractivity contribution in [2.24, 2.45) is 0 Å². The van der Waals surface area contributed by atoms with Crippen molar-refractivity contribution in [3.63, 3.8) is 0 Å². The highest BCUT2D eigenvalue weighted by molar-refractivity contribution is 6.36. The Balaban J connectivity index is 2.56. The van der Waals surface area contributed by atoms with Crippen LogP contribution >= 0.6 is 23.2 Å². The van der Waals surface area contributed by atoms with Crippen LogP contribution in [0.25, 0.3) is 5.82 Å². The Bertz CT molecular complexity index is 607. The highest BCUT2D eigenvalue weighted by Crippen LogP contribution is 2.29. The molecule has 4 nitrogen and oxygen atoms in total. The second kappa shape index (κ2) is 6.46. The van der Waals surface area contributed by atoms with E-state index in [1.165, 1.54) is 0 Å². The number of hydrogen-bond donors (Lipinski definition) is 1. The molecule has 0 bridgehead atoms. The fourth-order valence-corrected chi connectivity index (χ4v) is 2.49. The lowest BCUT2D eigenvalue weighted by atomic mass is 10.2. The van der Waals surface area contributed by atoms with Gasteiger partial charge in [-0.15, -0.1) is 0 Å². The lowest BCUT2D eigenvalue weighted by molar-refractivity contribution is 0.773. The monoisotopic (exact) mass is 312 g/mol. The molecule has 2 rings (SSSR count). The van der Waals surface area contributed by atoms with Gasteiger partial charge in [-0.2, -0.15) is 5.10 Å². The molecular weight excluding hydrogens is 295 g/mol. The lowest BCUT2D eigenvalue weighted by Gasteiger charge is -2.11. The largest absolute Gasteiger partial charge is 0.369 e. The van der Waals surface area contributed by atoms with Gasteiger partial charge in [-0.1, -0.05) is 37.0 Å². The van der Waals surface area contributed by atoms with Crippen LogP contribution in [0.5, 0.6) is 0 Å². The average molecular weight is 313 g/mol. The van der Waals surface area contributed by atoms with Crippen LogP contribution in [-0.4, -0.2) is 21.3 Å². The second-order valence-electron chi connectivity index (χ2n) is 4.40. The lowest BCUT2D eigenvalue weighted by Crippen LogP contribution is -2.08. The van der Waals surface area contributed by atoms with Crippen LogP contribution in [0.2, 0.25) is 10.0 Å². The molecule has 0 aliphatic rings. The van der Waals surface area contributed by atoms with E-state index in [1.54, 1.807) is 10.7 Å². The van der Waals surface area contributed by atoms with E-state index in [9.17, 15) is 0 Å². The Hall–Kier alpha value is -1.26. The van der Waals surface area contributed by atoms with E-state index in [0.29, 0.717) is 21.7 Å². The van der Waals surface area contributed by atoms with Crippen LogP contribution in [0.15, 0.2) is 12.1 Å². The molecule has 2 heterocycles. The van der Waals surface area contributed by atoms with Crippen molar-refractivity contribution in [1.29, 1.82) is 0 Å². The number of pyridine rings is 1. The van der Waals surface area contributed by atoms with Crippen LogP contribution in [0, 0.1) is 0 Å². The van der Waals surface area contributed by atoms with Gasteiger partial charge in [-0.3, -0.25) is 0 Å². The Labute approximate surface area is 129 Å². The molecule has 0 unspecified atom stereocenters. The topological polar surface area (TPSA) is 42.7 Å². The molecular formula is C14H18Cl2N4. The van der Waals surface area contributed by atoms with Crippen molar-refractivity contribution in [3.05, 3.63) is 33.6 Å². The van der Waals surface area contributed by atoms with Gasteiger partial charge in [0.2, 0.25) is 0 Å². The highest BCUT2D eigenvalue weighted by atomic mass is 35.5. The van der Waals surface area contributed by atoms with Gasteiger partial charge in [0.15, 0.2) is 5.82 Å². The minimum Gasteiger partial charge on any atom is -0.369 e. The first-order valence-corrected chi connectivity index (χ1v) is 7.54. The number of nitrogens with one attached hydrogen (secondary N) is 1. The summed E-state index contributed by atoms with van der Waals surface area (Å²) in [6.45, 7) is 6.90. The first kappa shape index (κ1) is 15.1. The van der Waals surface area contributed by atoms with Gasteiger partial charge in [-0.05, 0) is 31.9 Å². The van der Waals surface area contributed by atoms with E-state index in [4.69, 9.17) is 23.2 Å². The molecule has 2 aromatic rings. The molecule has 0 saturated heterocycles. The van der Waals surface area contributed by atoms with Gasteiger partial charge in [-0.25, -0.2) is 9.67 Å². The summed E-state index contributed by atoms with van der Waals surface area (Å²) < 4.78 is 1.80. The molecule has 0 aromatic carbocycles. The summed E-state index contributed by atoms with van der Waals surface area (Å²) in [7, 11) is 0. The van der Waals surface area contributed by atoms with Crippen LogP contribution in [0.1, 0.15) is 32.2 Å². The minimum atomic E-state index is 0.497. The molecule has 1 N–H and O–H groups in total. The maximum atomic E-state index is 6.28. The maximum Gasteiger partial charge on any atom is 0.174 e. The predicted octanol–water partition coefficient (Wildman–Crippen LogP) is 4.13. The molecule has 108 valence electrons. The Morgan fingerprint density at radius 2 is 1.85 bits per heavy atom. The van der Waals surface area contributed by atoms with E-state index in [0.717, 1.165) is 30.8 Å². The maximum absolute atomic E-state index is 6.28. The molecule has 0 spiro atoms. The van der Waals surface area contributed by atoms with Crippen LogP contribution in [0.3, 0.4) is 0 Å². The molecule has 0 atom stereocenters. The van der Waals surface area contributed by atoms with Gasteiger partial charge in [0, 0.05) is 12.2 Å². The number of aromatic nitrogens is 3. The zero-order valence-electron chi connectivity index (χ0n) is 11.9. The normalized spacial score (nSPS) is 10.8. The van der Waals surface area contributed by atoms with E-state index in [1.807, 2.05) is 6.92 Å². The van der Waals surface area contributed by atoms with Gasteiger partial charge < -0.3 is 5.32 Å². The molecule has 0 saturated carbocycles. The average Bonchev–Trinajstić information content (AvgIpc) is 2.85. The van der Waals surface area contributed by atoms with Crippen molar-refractivity contribution >= 4 is 29.0 Å². The summed E-state index contributed by atoms with van der Waals surface area (Å²) in [5.41, 5.74) is 2.11. The third-order valence-corrected chi connectivity index (χ3v) is 3.58. The van der Waals surface area contributed by atoms with Crippen LogP contribution in [0.4, 0.5) is 5.82 Å². The van der Waals surface area contributed by atoms with E-state index >= 15 is 0 Å². The summed E-state index contributed by atoms with van der Waals surface area (Å²) in [4.78, 5) is 4.51. The smallest absolute Gasteiger partial charge is 0.174 e. The van der Waals surface area contributed by atoms with Gasteiger partial charge >= 0.3 is 0 Å². The SMILES string of the molecule is CCNc1nc(-n2nc(CC)cc2CC)c(Cl)cc1Cl. The fraction of sp³-hybridized carbons (Fsp3) is 0.429. The molecule has 2 aromatic heterocycles. The van der Waals surface area contributed by atoms with Crippen molar-refractivity contribution in [2.45, 2.75) is 33.6 Å². The summed E-state index contributed by atoms with van der Waals surface area (Å²) >= 11 is 12.4. The first-order chi connectivity index (χ1) is 9.60. The molecule has 0 radical (unpaired) electrons. The number of halogens is 2. The van der Waals surface area contributed by atoms with Crippen LogP contribution in [-0.2, 0) is 12.8 Å². The first-order valence-electron chi connectivity index (χ1n) is 6.78. The Morgan fingerprint density at radius 3 is 2.45 bits per heavy atom. The summed E-state index contributed by atoms with van der Waals surface area (Å²) in [5, 5.41) is 8.70. The molecule has 0 aliphatic heterocycles. The van der Waals surface area contributed by atoms with Crippen LogP contribution < -0.4 is 5.32 Å². The molecule has 6 heteroatoms. The Kier molecular flexibility index (Phi) is 4.89. The number of rotatable bonds is 5. The van der Waals surface area contributed by atoms with Crippen molar-refractivity contribution in [3.8, 4) is 5.82 Å². The van der Waals surface area contributed by atoms with Crippen molar-refractivity contribution in [1.82, 2.24) is 14.8 Å². The zero-order chi connectivity index (χ0) is 14.7. The van der Waals surface area contributed by atoms with Gasteiger partial charge in [0.05, 0.1) is 15.7 Å². The van der Waals surface area contributed by atoms with E-state index in [2.05, 4.69) is 35.3 Å². The number of hydrogen-bond acceptors (Lipinski definition) is 3. The number of nitrogens with zero attached hydrogens (tertiary/aromatic N) is 3. The van der Waals surface area contributed by atoms with Crippen molar-refractivity contribution < 1.29 is 0 Å². The fourth-order valence-electron chi connectivity index (χ4n) is 1.98. The molecule has 0 aliphatic carbocycles. The highest BCUT2D eigenvalue weighted by Gasteiger charge is 2.15. The second-order valence-corrected chi connectivity index (χ2v) is 5.21. The molecule has 0 amide bonds. The van der Waals surface area contributed by atoms with E-state index < -0.39 is 0 Å². The Morgan fingerprint density at radius 1 is 1.10 bits per heavy atom. The number of anilines is 1. The summed E-state index contributed by atoms with van der Waals surface area (Å²) in [6.07, 6.45) is 1.75. The zero-order valence-corrected chi connectivity index (χ0v) is 13.4. The third kappa shape index (κ3) is 2.91. The summed E-state index contributed by atoms with van der Waals surface area (Å²) in [6, 6.07) is 3.79. The number of aryl methyl sites for hydroxylation is 2. The summed E-state index contributed by atoms with van der Waals surface area (Å²) in [5.74, 6) is 1.24. The van der Waals surface area contributed by atoms with E-state index in [-0.39, 0.29) is 0 Å².